The average molecular weight is 209 g/mol. The molecule has 1 fully saturated rings. The number of halogens is 1. The van der Waals surface area contributed by atoms with Crippen LogP contribution >= 0.6 is 0 Å². The number of aryl methyl sites for hydroxylation is 1. The molecule has 0 spiro atoms. The second kappa shape index (κ2) is 4.19. The van der Waals surface area contributed by atoms with Crippen molar-refractivity contribution in [1.82, 2.24) is 0 Å². The number of hydrogen-bond acceptors (Lipinski definition) is 2. The summed E-state index contributed by atoms with van der Waals surface area (Å²) in [5, 5.41) is 3.37. The summed E-state index contributed by atoms with van der Waals surface area (Å²) in [6.45, 7) is 4.63. The molecule has 1 N–H and O–H groups in total. The number of anilines is 1. The lowest BCUT2D eigenvalue weighted by atomic mass is 10.1. The first-order chi connectivity index (χ1) is 7.16. The molecule has 1 aliphatic rings. The van der Waals surface area contributed by atoms with Crippen molar-refractivity contribution in [2.75, 3.05) is 11.9 Å². The molecule has 1 aliphatic heterocycles. The Balaban J connectivity index is 2.07. The molecular weight excluding hydrogens is 193 g/mol. The van der Waals surface area contributed by atoms with Crippen LogP contribution < -0.4 is 5.32 Å². The number of hydrogen-bond donors (Lipinski definition) is 1. The Hall–Kier alpha value is -1.09. The van der Waals surface area contributed by atoms with E-state index >= 15 is 0 Å². The van der Waals surface area contributed by atoms with E-state index in [0.29, 0.717) is 11.6 Å². The predicted octanol–water partition coefficient (Wildman–Crippen LogP) is 2.72. The van der Waals surface area contributed by atoms with E-state index in [1.165, 1.54) is 6.07 Å². The van der Waals surface area contributed by atoms with E-state index in [1.807, 2.05) is 6.07 Å². The van der Waals surface area contributed by atoms with Crippen molar-refractivity contribution >= 4 is 5.69 Å². The molecule has 0 bridgehead atoms. The third-order valence-corrected chi connectivity index (χ3v) is 2.89. The van der Waals surface area contributed by atoms with Gasteiger partial charge < -0.3 is 10.1 Å². The van der Waals surface area contributed by atoms with Gasteiger partial charge in [0.2, 0.25) is 0 Å². The van der Waals surface area contributed by atoms with E-state index in [-0.39, 0.29) is 11.9 Å². The highest BCUT2D eigenvalue weighted by Gasteiger charge is 2.23. The van der Waals surface area contributed by atoms with E-state index in [0.717, 1.165) is 18.7 Å². The number of benzene rings is 1. The molecule has 1 heterocycles. The third kappa shape index (κ3) is 2.29. The molecule has 2 rings (SSSR count). The molecule has 0 amide bonds. The fourth-order valence-electron chi connectivity index (χ4n) is 1.87. The van der Waals surface area contributed by atoms with Gasteiger partial charge in [0.15, 0.2) is 0 Å². The molecule has 0 aliphatic carbocycles. The maximum absolute atomic E-state index is 13.0. The van der Waals surface area contributed by atoms with Gasteiger partial charge in [0.1, 0.15) is 5.82 Å². The molecule has 2 atom stereocenters. The van der Waals surface area contributed by atoms with Crippen LogP contribution in [0.3, 0.4) is 0 Å². The van der Waals surface area contributed by atoms with Crippen molar-refractivity contribution in [3.05, 3.63) is 29.6 Å². The lowest BCUT2D eigenvalue weighted by Gasteiger charge is -2.17. The maximum Gasteiger partial charge on any atom is 0.126 e. The van der Waals surface area contributed by atoms with Gasteiger partial charge in [-0.2, -0.15) is 0 Å². The highest BCUT2D eigenvalue weighted by atomic mass is 19.1. The van der Waals surface area contributed by atoms with Gasteiger partial charge in [-0.15, -0.1) is 0 Å². The first-order valence-electron chi connectivity index (χ1n) is 5.31. The van der Waals surface area contributed by atoms with E-state index in [4.69, 9.17) is 4.74 Å². The summed E-state index contributed by atoms with van der Waals surface area (Å²) in [6, 6.07) is 5.45. The standard InChI is InChI=1S/C12H16FNO/c1-8-7-10(3-4-11(8)13)14-12-5-6-15-9(12)2/h3-4,7,9,12,14H,5-6H2,1-2H3. The van der Waals surface area contributed by atoms with Gasteiger partial charge in [-0.1, -0.05) is 0 Å². The van der Waals surface area contributed by atoms with Gasteiger partial charge in [-0.05, 0) is 44.0 Å². The molecule has 1 aromatic rings. The van der Waals surface area contributed by atoms with Crippen LogP contribution in [0.25, 0.3) is 0 Å². The first-order valence-corrected chi connectivity index (χ1v) is 5.31. The van der Waals surface area contributed by atoms with Crippen molar-refractivity contribution in [2.45, 2.75) is 32.4 Å². The van der Waals surface area contributed by atoms with Crippen molar-refractivity contribution in [3.8, 4) is 0 Å². The fourth-order valence-corrected chi connectivity index (χ4v) is 1.87. The second-order valence-corrected chi connectivity index (χ2v) is 4.08. The molecule has 15 heavy (non-hydrogen) atoms. The normalized spacial score (nSPS) is 25.5. The fraction of sp³-hybridized carbons (Fsp3) is 0.500. The largest absolute Gasteiger partial charge is 0.380 e. The van der Waals surface area contributed by atoms with Gasteiger partial charge in [0.25, 0.3) is 0 Å². The number of nitrogens with one attached hydrogen (secondary N) is 1. The Bertz CT molecular complexity index is 353. The van der Waals surface area contributed by atoms with E-state index < -0.39 is 0 Å². The van der Waals surface area contributed by atoms with Gasteiger partial charge in [0.05, 0.1) is 12.1 Å². The van der Waals surface area contributed by atoms with Crippen molar-refractivity contribution in [3.63, 3.8) is 0 Å². The SMILES string of the molecule is Cc1cc(NC2CCOC2C)ccc1F. The number of ether oxygens (including phenoxy) is 1. The van der Waals surface area contributed by atoms with Gasteiger partial charge >= 0.3 is 0 Å². The predicted molar refractivity (Wildman–Crippen MR) is 58.6 cm³/mol. The maximum atomic E-state index is 13.0. The summed E-state index contributed by atoms with van der Waals surface area (Å²) in [6.07, 6.45) is 1.24. The first kappa shape index (κ1) is 10.4. The van der Waals surface area contributed by atoms with Gasteiger partial charge in [0, 0.05) is 12.3 Å². The van der Waals surface area contributed by atoms with E-state index in [1.54, 1.807) is 13.0 Å². The van der Waals surface area contributed by atoms with Crippen molar-refractivity contribution in [1.29, 1.82) is 0 Å². The summed E-state index contributed by atoms with van der Waals surface area (Å²) >= 11 is 0. The third-order valence-electron chi connectivity index (χ3n) is 2.89. The van der Waals surface area contributed by atoms with E-state index in [9.17, 15) is 4.39 Å². The molecule has 0 radical (unpaired) electrons. The molecule has 3 heteroatoms. The van der Waals surface area contributed by atoms with Crippen LogP contribution in [0.2, 0.25) is 0 Å². The molecule has 2 nitrogen and oxygen atoms in total. The van der Waals surface area contributed by atoms with Gasteiger partial charge in [-0.3, -0.25) is 0 Å². The highest BCUT2D eigenvalue weighted by Crippen LogP contribution is 2.20. The molecule has 0 saturated carbocycles. The van der Waals surface area contributed by atoms with Crippen molar-refractivity contribution in [2.24, 2.45) is 0 Å². The summed E-state index contributed by atoms with van der Waals surface area (Å²) in [4.78, 5) is 0. The average Bonchev–Trinajstić information content (AvgIpc) is 2.59. The molecule has 1 saturated heterocycles. The summed E-state index contributed by atoms with van der Waals surface area (Å²) in [5.74, 6) is -0.156. The Kier molecular flexibility index (Phi) is 2.91. The molecule has 2 unspecified atom stereocenters. The summed E-state index contributed by atoms with van der Waals surface area (Å²) in [7, 11) is 0. The number of rotatable bonds is 2. The Labute approximate surface area is 89.4 Å². The zero-order valence-electron chi connectivity index (χ0n) is 9.09. The Morgan fingerprint density at radius 1 is 1.47 bits per heavy atom. The van der Waals surface area contributed by atoms with Crippen LogP contribution in [-0.4, -0.2) is 18.8 Å². The Morgan fingerprint density at radius 3 is 2.87 bits per heavy atom. The smallest absolute Gasteiger partial charge is 0.126 e. The minimum Gasteiger partial charge on any atom is -0.380 e. The van der Waals surface area contributed by atoms with E-state index in [2.05, 4.69) is 12.2 Å². The molecule has 0 aromatic heterocycles. The lowest BCUT2D eigenvalue weighted by Crippen LogP contribution is -2.26. The minimum absolute atomic E-state index is 0.156. The lowest BCUT2D eigenvalue weighted by molar-refractivity contribution is 0.121. The van der Waals surface area contributed by atoms with Crippen LogP contribution in [0.5, 0.6) is 0 Å². The highest BCUT2D eigenvalue weighted by molar-refractivity contribution is 5.47. The molecule has 1 aromatic carbocycles. The zero-order chi connectivity index (χ0) is 10.8. The topological polar surface area (TPSA) is 21.3 Å². The van der Waals surface area contributed by atoms with Crippen LogP contribution in [0.15, 0.2) is 18.2 Å². The van der Waals surface area contributed by atoms with Crippen LogP contribution in [-0.2, 0) is 4.74 Å². The quantitative estimate of drug-likeness (QED) is 0.808. The Morgan fingerprint density at radius 2 is 2.27 bits per heavy atom. The summed E-state index contributed by atoms with van der Waals surface area (Å²) < 4.78 is 18.5. The van der Waals surface area contributed by atoms with Crippen molar-refractivity contribution < 1.29 is 9.13 Å². The molecular formula is C12H16FNO. The monoisotopic (exact) mass is 209 g/mol. The van der Waals surface area contributed by atoms with Crippen LogP contribution in [0.4, 0.5) is 10.1 Å². The minimum atomic E-state index is -0.156. The zero-order valence-corrected chi connectivity index (χ0v) is 9.09. The van der Waals surface area contributed by atoms with Gasteiger partial charge in [-0.25, -0.2) is 4.39 Å². The molecule has 82 valence electrons. The van der Waals surface area contributed by atoms with Crippen LogP contribution in [0.1, 0.15) is 18.9 Å². The van der Waals surface area contributed by atoms with Crippen LogP contribution in [0, 0.1) is 12.7 Å². The second-order valence-electron chi connectivity index (χ2n) is 4.08. The summed E-state index contributed by atoms with van der Waals surface area (Å²) in [5.41, 5.74) is 1.64.